The van der Waals surface area contributed by atoms with Crippen molar-refractivity contribution in [1.82, 2.24) is 50.0 Å². The number of hydrogen-bond donors (Lipinski definition) is 4. The lowest BCUT2D eigenvalue weighted by Gasteiger charge is -2.28. The van der Waals surface area contributed by atoms with Crippen LogP contribution in [0, 0.1) is 29.6 Å². The smallest absolute Gasteiger partial charge is 0.355 e. The summed E-state index contributed by atoms with van der Waals surface area (Å²) in [7, 11) is 4.74. The van der Waals surface area contributed by atoms with E-state index in [1.807, 2.05) is 64.8 Å². The number of aliphatic imine (C=N–C) groups is 2. The lowest BCUT2D eigenvalue weighted by Crippen LogP contribution is -2.43. The number of amides is 2. The van der Waals surface area contributed by atoms with E-state index in [1.54, 1.807) is 50.6 Å². The molecule has 8 fully saturated rings. The van der Waals surface area contributed by atoms with Crippen molar-refractivity contribution in [2.24, 2.45) is 39.6 Å². The topological polar surface area (TPSA) is 238 Å². The van der Waals surface area contributed by atoms with E-state index in [4.69, 9.17) is 74.1 Å². The summed E-state index contributed by atoms with van der Waals surface area (Å²) in [5.74, 6) is 6.91. The van der Waals surface area contributed by atoms with E-state index in [1.165, 1.54) is 78.6 Å². The summed E-state index contributed by atoms with van der Waals surface area (Å²) >= 11 is 18.7. The first-order valence-corrected chi connectivity index (χ1v) is 40.4. The maximum atomic E-state index is 14.3. The fourth-order valence-electron chi connectivity index (χ4n) is 18.9. The summed E-state index contributed by atoms with van der Waals surface area (Å²) in [6.45, 7) is 0. The van der Waals surface area contributed by atoms with Crippen LogP contribution in [0.5, 0.6) is 17.2 Å². The van der Waals surface area contributed by atoms with Gasteiger partial charge in [0.15, 0.2) is 5.69 Å². The van der Waals surface area contributed by atoms with Gasteiger partial charge in [-0.1, -0.05) is 168 Å². The van der Waals surface area contributed by atoms with Crippen LogP contribution in [0.1, 0.15) is 137 Å². The van der Waals surface area contributed by atoms with Gasteiger partial charge in [0.25, 0.3) is 11.8 Å². The van der Waals surface area contributed by atoms with Crippen LogP contribution < -0.4 is 19.5 Å². The lowest BCUT2D eigenvalue weighted by molar-refractivity contribution is 0.0681. The number of likely N-dealkylation sites (tertiary alicyclic amines) is 2. The SMILES string of the molecule is C1=C(c2ccc(-c3ccc(-c4cnc(C5C[C@@H]6C[C@@H]6C5)[nH]4)cc3)cc2)CC(C2C[C@H]3C[C@H]3N2)=N1.COc1cccc2c(C(=O)N3[C@@H]4C[C@@H]4C[C@H]3C3=NC=C(c4ccc(-c5ccc(-c6cnc([C@@H]7C[C@H]8C[C@H]8N7C(=O)c7nc(Cl)cc8c(OC)cccc78)[nH]6)cc5)cc4)C3)nc(Cl)cc12.COc1cccc2c(C(=O)O)nc(Cl)cc12.S.S.S.S. The number of carboxylic acids is 1. The summed E-state index contributed by atoms with van der Waals surface area (Å²) in [6, 6.07) is 57.7. The number of imidazole rings is 2. The third-order valence-electron chi connectivity index (χ3n) is 25.2. The number of carbonyl (C=O) groups excluding carboxylic acids is 2. The van der Waals surface area contributed by atoms with E-state index >= 15 is 0 Å². The van der Waals surface area contributed by atoms with Gasteiger partial charge in [-0.15, -0.1) is 0 Å². The molecule has 2 unspecified atom stereocenters. The fraction of sp³-hybridized carbons (Fsp3) is 0.283. The molecule has 10 heterocycles. The summed E-state index contributed by atoms with van der Waals surface area (Å²) in [5, 5.41) is 17.5. The van der Waals surface area contributed by atoms with Gasteiger partial charge in [0.05, 0.1) is 57.2 Å². The molecule has 5 aliphatic heterocycles. The molecule has 0 spiro atoms. The van der Waals surface area contributed by atoms with Crippen molar-refractivity contribution in [2.75, 3.05) is 21.3 Å². The average molecular weight is 1710 g/mol. The van der Waals surface area contributed by atoms with Crippen molar-refractivity contribution < 1.29 is 33.7 Å². The Morgan fingerprint density at radius 3 is 1.26 bits per heavy atom. The third kappa shape index (κ3) is 15.6. The standard InChI is InChI=1S/C51H41Cl2N7O4.C30H30N4.C11H8ClNO3.4H2S/c1-63-43-7-3-5-33-35(43)22-45(52)57-47(33)50(61)59-39-18-30(39)20-41(59)37-17-32(24-54-37)28-11-9-26(10-12-28)27-13-15-29(16-14-27)38-25-55-49(56-38)42-21-31-19-40(31)60(42)51(62)48-34-6-4-8-44(64-2)36(34)23-46(53)58-48;1-3-19(25-14-27(31-15-25)28-13-23-12-26(23)33-28)4-2-17(1)18-5-7-20(8-6-18)29-16-32-30(34-29)24-10-21-9-22(21)11-24;1-16-8-4-2-3-6-7(8)5-9(12)13-10(6)11(14)15;;;;/h3-16,22-25,30-31,39-42H,17-21H2,1-2H3,(H,55,56);1-8,15-16,21-24,26,28,33H,9-14H2,(H,32,34);2-5H,1H3,(H,14,15);4*1H2/t30-,31-,39-,40-,41+,42+;21-,22+,23-,24?,26-,28?;;;;;/m11...../s1. The number of methoxy groups -OCH3 is 3. The molecular weight excluding hydrogens is 1620 g/mol. The Bertz CT molecular complexity index is 6050. The minimum Gasteiger partial charge on any atom is -0.496 e. The molecule has 2 amide bonds. The minimum atomic E-state index is -1.11. The van der Waals surface area contributed by atoms with Gasteiger partial charge in [0, 0.05) is 99.1 Å². The Kier molecular flexibility index (Phi) is 23.1. The van der Waals surface area contributed by atoms with Crippen molar-refractivity contribution in [3.8, 4) is 62.0 Å². The Morgan fingerprint density at radius 2 is 0.814 bits per heavy atom. The van der Waals surface area contributed by atoms with E-state index in [-0.39, 0.29) is 111 Å². The second kappa shape index (κ2) is 33.3. The number of fused-ring (bicyclic) bond motifs is 7. The van der Waals surface area contributed by atoms with Crippen molar-refractivity contribution in [3.63, 3.8) is 0 Å². The van der Waals surface area contributed by atoms with Crippen molar-refractivity contribution in [2.45, 2.75) is 113 Å². The van der Waals surface area contributed by atoms with E-state index in [9.17, 15) is 14.4 Å². The van der Waals surface area contributed by atoms with Crippen LogP contribution in [0.3, 0.4) is 0 Å². The number of carboxylic acid groups (broad SMARTS) is 1. The molecule has 26 heteroatoms. The second-order valence-electron chi connectivity index (χ2n) is 32.0. The number of piperidine rings is 3. The molecule has 0 radical (unpaired) electrons. The molecule has 5 saturated carbocycles. The number of pyridine rings is 3. The molecular formula is C92H87Cl3N12O7S4. The van der Waals surface area contributed by atoms with Crippen LogP contribution in [-0.2, 0) is 0 Å². The average Bonchev–Trinajstić information content (AvgIpc) is 1.57. The molecule has 12 aromatic rings. The number of aromatic carboxylic acids is 1. The minimum absolute atomic E-state index is 0. The number of H-pyrrole nitrogens is 2. The van der Waals surface area contributed by atoms with Gasteiger partial charge in [0.2, 0.25) is 0 Å². The van der Waals surface area contributed by atoms with Crippen molar-refractivity contribution >= 4 is 161 Å². The molecule has 12 atom stereocenters. The highest BCUT2D eigenvalue weighted by Crippen LogP contribution is 2.58. The van der Waals surface area contributed by atoms with Crippen LogP contribution in [-0.4, -0.2) is 131 Å². The van der Waals surface area contributed by atoms with Gasteiger partial charge >= 0.3 is 5.97 Å². The maximum absolute atomic E-state index is 14.3. The van der Waals surface area contributed by atoms with Crippen LogP contribution in [0.15, 0.2) is 205 Å². The Balaban J connectivity index is 0.000000160. The predicted octanol–water partition coefficient (Wildman–Crippen LogP) is 19.9. The first-order chi connectivity index (χ1) is 55.6. The summed E-state index contributed by atoms with van der Waals surface area (Å²) < 4.78 is 16.3. The van der Waals surface area contributed by atoms with Gasteiger partial charge in [-0.25, -0.2) is 29.7 Å². The number of nitrogens with one attached hydrogen (secondary N) is 3. The van der Waals surface area contributed by atoms with Gasteiger partial charge in [-0.05, 0) is 179 Å². The van der Waals surface area contributed by atoms with E-state index < -0.39 is 5.97 Å². The number of rotatable bonds is 16. The zero-order valence-electron chi connectivity index (χ0n) is 64.7. The zero-order chi connectivity index (χ0) is 77.3. The summed E-state index contributed by atoms with van der Waals surface area (Å²) in [5.41, 5.74) is 16.8. The number of aromatic nitrogens is 7. The molecule has 4 N–H and O–H groups in total. The van der Waals surface area contributed by atoms with E-state index in [0.29, 0.717) is 75.0 Å². The molecule has 118 heavy (non-hydrogen) atoms. The third-order valence-corrected chi connectivity index (χ3v) is 25.8. The second-order valence-corrected chi connectivity index (χ2v) is 33.1. The number of aromatic amines is 2. The number of halogens is 3. The molecule has 19 nitrogen and oxygen atoms in total. The highest BCUT2D eigenvalue weighted by molar-refractivity contribution is 7.59. The number of benzene rings is 7. The predicted molar refractivity (Wildman–Crippen MR) is 486 cm³/mol. The van der Waals surface area contributed by atoms with Gasteiger partial charge < -0.3 is 44.4 Å². The number of nitrogens with zero attached hydrogens (tertiary/aromatic N) is 9. The Morgan fingerprint density at radius 1 is 0.415 bits per heavy atom. The number of carbonyl (C=O) groups is 3. The van der Waals surface area contributed by atoms with Crippen LogP contribution in [0.25, 0.3) is 88.2 Å². The van der Waals surface area contributed by atoms with Crippen LogP contribution in [0.2, 0.25) is 15.5 Å². The lowest BCUT2D eigenvalue weighted by atomic mass is 9.95. The molecule has 0 bridgehead atoms. The molecule has 5 aliphatic carbocycles. The molecule has 3 saturated heterocycles. The number of hydrogen-bond acceptors (Lipinski definition) is 14. The van der Waals surface area contributed by atoms with E-state index in [0.717, 1.165) is 123 Å². The molecule has 5 aromatic heterocycles. The Hall–Kier alpha value is -9.95. The Labute approximate surface area is 725 Å². The number of allylic oxidation sites excluding steroid dienone is 2. The molecule has 10 aliphatic rings. The first kappa shape index (κ1) is 81.8. The monoisotopic (exact) mass is 1700 g/mol. The van der Waals surface area contributed by atoms with Gasteiger partial charge in [-0.3, -0.25) is 19.6 Å². The normalized spacial score (nSPS) is 23.3. The van der Waals surface area contributed by atoms with E-state index in [2.05, 4.69) is 133 Å². The number of ether oxygens (including phenoxy) is 3. The van der Waals surface area contributed by atoms with Crippen LogP contribution in [0.4, 0.5) is 0 Å². The first-order valence-electron chi connectivity index (χ1n) is 39.2. The zero-order valence-corrected chi connectivity index (χ0v) is 71.0. The van der Waals surface area contributed by atoms with Crippen molar-refractivity contribution in [3.05, 3.63) is 250 Å². The quantitative estimate of drug-likeness (QED) is 0.0659. The highest BCUT2D eigenvalue weighted by Gasteiger charge is 2.57. The largest absolute Gasteiger partial charge is 0.496 e. The fourth-order valence-corrected chi connectivity index (χ4v) is 19.5. The summed E-state index contributed by atoms with van der Waals surface area (Å²) in [6.07, 6.45) is 20.1. The summed E-state index contributed by atoms with van der Waals surface area (Å²) in [4.78, 5) is 82.8. The van der Waals surface area contributed by atoms with Gasteiger partial charge in [0.1, 0.15) is 55.7 Å². The van der Waals surface area contributed by atoms with Crippen LogP contribution >= 0.6 is 88.8 Å². The molecule has 602 valence electrons. The van der Waals surface area contributed by atoms with Crippen molar-refractivity contribution in [1.29, 1.82) is 0 Å². The van der Waals surface area contributed by atoms with Gasteiger partial charge in [-0.2, -0.15) is 54.0 Å². The highest BCUT2D eigenvalue weighted by atomic mass is 35.5. The maximum Gasteiger partial charge on any atom is 0.355 e. The molecule has 7 aromatic carbocycles. The molecule has 22 rings (SSSR count).